The molecule has 7 nitrogen and oxygen atoms in total. The fourth-order valence-corrected chi connectivity index (χ4v) is 6.44. The number of likely N-dealkylation sites (tertiary alicyclic amines) is 3. The van der Waals surface area contributed by atoms with Crippen molar-refractivity contribution in [1.29, 1.82) is 0 Å². The van der Waals surface area contributed by atoms with Crippen LogP contribution in [0.5, 0.6) is 0 Å². The lowest BCUT2D eigenvalue weighted by molar-refractivity contribution is -0.138. The second-order valence-electron chi connectivity index (χ2n) is 9.18. The van der Waals surface area contributed by atoms with E-state index in [1.165, 1.54) is 0 Å². The molecule has 0 aromatic rings. The maximum atomic E-state index is 12.9. The van der Waals surface area contributed by atoms with Crippen molar-refractivity contribution in [1.82, 2.24) is 14.7 Å². The molecule has 0 N–H and O–H groups in total. The highest BCUT2D eigenvalue weighted by molar-refractivity contribution is 5.84. The van der Waals surface area contributed by atoms with Crippen LogP contribution >= 0.6 is 0 Å². The molecular weight excluding hydrogens is 346 g/mol. The Kier molecular flexibility index (Phi) is 4.26. The van der Waals surface area contributed by atoms with E-state index in [-0.39, 0.29) is 17.4 Å². The number of nitrogens with zero attached hydrogens (tertiary/aromatic N) is 3. The van der Waals surface area contributed by atoms with Crippen LogP contribution in [0.15, 0.2) is 0 Å². The van der Waals surface area contributed by atoms with Gasteiger partial charge in [0.1, 0.15) is 0 Å². The number of methoxy groups -OCH3 is 1. The highest BCUT2D eigenvalue weighted by Crippen LogP contribution is 2.53. The number of amides is 2. The predicted molar refractivity (Wildman–Crippen MR) is 97.9 cm³/mol. The number of carbonyl (C=O) groups is 2. The molecule has 5 atom stereocenters. The van der Waals surface area contributed by atoms with Gasteiger partial charge in [-0.1, -0.05) is 0 Å². The van der Waals surface area contributed by atoms with Gasteiger partial charge in [0.05, 0.1) is 31.3 Å². The summed E-state index contributed by atoms with van der Waals surface area (Å²) in [5, 5.41) is 0. The topological polar surface area (TPSA) is 62.3 Å². The Morgan fingerprint density at radius 1 is 1.22 bits per heavy atom. The number of piperidine rings is 1. The molecule has 27 heavy (non-hydrogen) atoms. The summed E-state index contributed by atoms with van der Waals surface area (Å²) in [6.07, 6.45) is 1.83. The van der Waals surface area contributed by atoms with Crippen LogP contribution in [-0.2, 0) is 19.1 Å². The average Bonchev–Trinajstić information content (AvgIpc) is 3.02. The van der Waals surface area contributed by atoms with E-state index in [1.54, 1.807) is 7.11 Å². The van der Waals surface area contributed by atoms with Crippen molar-refractivity contribution in [2.45, 2.75) is 18.4 Å². The predicted octanol–water partition coefficient (Wildman–Crippen LogP) is -0.0936. The molecule has 4 aliphatic heterocycles. The molecule has 5 aliphatic rings. The third-order valence-corrected chi connectivity index (χ3v) is 8.19. The van der Waals surface area contributed by atoms with Crippen molar-refractivity contribution in [2.75, 3.05) is 66.7 Å². The van der Waals surface area contributed by atoms with E-state index in [9.17, 15) is 9.59 Å². The molecule has 5 rings (SSSR count). The second kappa shape index (κ2) is 6.42. The van der Waals surface area contributed by atoms with Crippen LogP contribution in [0.1, 0.15) is 12.8 Å². The Hall–Kier alpha value is -1.18. The smallest absolute Gasteiger partial charge is 0.227 e. The molecule has 5 fully saturated rings. The largest absolute Gasteiger partial charge is 0.383 e. The highest BCUT2D eigenvalue weighted by Gasteiger charge is 2.62. The first-order valence-electron chi connectivity index (χ1n) is 10.4. The fraction of sp³-hybridized carbons (Fsp3) is 0.900. The van der Waals surface area contributed by atoms with Crippen molar-refractivity contribution < 1.29 is 19.1 Å². The standard InChI is InChI=1S/C20H31N3O4/c1-21-18(24)13-9-22(7-8-26-2)10-16(13)20(21)3-5-23(6-4-20)19(25)17-14-11-27-12-15(14)17/h13-17H,3-12H2,1-2H3/t13?,14-,15+,16?,17?. The normalized spacial score (nSPS) is 39.9. The minimum absolute atomic E-state index is 0.0666. The summed E-state index contributed by atoms with van der Waals surface area (Å²) in [7, 11) is 3.71. The van der Waals surface area contributed by atoms with Gasteiger partial charge in [0, 0.05) is 58.7 Å². The average molecular weight is 377 g/mol. The van der Waals surface area contributed by atoms with Gasteiger partial charge in [0.15, 0.2) is 0 Å². The van der Waals surface area contributed by atoms with Gasteiger partial charge < -0.3 is 19.3 Å². The molecule has 0 radical (unpaired) electrons. The number of fused-ring (bicyclic) bond motifs is 3. The molecule has 0 aromatic carbocycles. The molecule has 1 saturated carbocycles. The summed E-state index contributed by atoms with van der Waals surface area (Å²) in [6.45, 7) is 6.53. The van der Waals surface area contributed by atoms with Crippen LogP contribution in [0, 0.1) is 29.6 Å². The molecule has 1 aliphatic carbocycles. The molecular formula is C20H31N3O4. The molecule has 7 heteroatoms. The van der Waals surface area contributed by atoms with E-state index in [0.29, 0.717) is 36.2 Å². The summed E-state index contributed by atoms with van der Waals surface area (Å²) in [6, 6.07) is 0. The molecule has 2 amide bonds. The molecule has 1 spiro atoms. The Bertz CT molecular complexity index is 623. The first-order valence-corrected chi connectivity index (χ1v) is 10.4. The van der Waals surface area contributed by atoms with E-state index in [2.05, 4.69) is 9.80 Å². The van der Waals surface area contributed by atoms with Crippen molar-refractivity contribution in [3.05, 3.63) is 0 Å². The Morgan fingerprint density at radius 2 is 1.93 bits per heavy atom. The lowest BCUT2D eigenvalue weighted by Gasteiger charge is -2.47. The second-order valence-corrected chi connectivity index (χ2v) is 9.18. The molecule has 0 bridgehead atoms. The zero-order chi connectivity index (χ0) is 18.8. The maximum absolute atomic E-state index is 12.9. The number of carbonyl (C=O) groups excluding carboxylic acids is 2. The van der Waals surface area contributed by atoms with Crippen molar-refractivity contribution in [2.24, 2.45) is 29.6 Å². The minimum atomic E-state index is -0.0666. The number of hydrogen-bond donors (Lipinski definition) is 0. The number of ether oxygens (including phenoxy) is 2. The minimum Gasteiger partial charge on any atom is -0.383 e. The quantitative estimate of drug-likeness (QED) is 0.685. The zero-order valence-corrected chi connectivity index (χ0v) is 16.4. The zero-order valence-electron chi connectivity index (χ0n) is 16.4. The van der Waals surface area contributed by atoms with E-state index in [4.69, 9.17) is 9.47 Å². The van der Waals surface area contributed by atoms with Crippen molar-refractivity contribution in [3.63, 3.8) is 0 Å². The monoisotopic (exact) mass is 377 g/mol. The summed E-state index contributed by atoms with van der Waals surface area (Å²) < 4.78 is 10.7. The fourth-order valence-electron chi connectivity index (χ4n) is 6.44. The maximum Gasteiger partial charge on any atom is 0.227 e. The molecule has 3 unspecified atom stereocenters. The summed E-state index contributed by atoms with van der Waals surface area (Å²) >= 11 is 0. The van der Waals surface area contributed by atoms with Crippen LogP contribution in [0.4, 0.5) is 0 Å². The van der Waals surface area contributed by atoms with Crippen LogP contribution in [-0.4, -0.2) is 98.8 Å². The Labute approximate surface area is 160 Å². The van der Waals surface area contributed by atoms with Gasteiger partial charge in [-0.05, 0) is 24.7 Å². The van der Waals surface area contributed by atoms with E-state index in [1.807, 2.05) is 11.9 Å². The van der Waals surface area contributed by atoms with Gasteiger partial charge in [-0.2, -0.15) is 0 Å². The molecule has 4 heterocycles. The Morgan fingerprint density at radius 3 is 2.59 bits per heavy atom. The van der Waals surface area contributed by atoms with E-state index >= 15 is 0 Å². The lowest BCUT2D eigenvalue weighted by atomic mass is 9.75. The van der Waals surface area contributed by atoms with Gasteiger partial charge in [-0.25, -0.2) is 0 Å². The van der Waals surface area contributed by atoms with Crippen LogP contribution < -0.4 is 0 Å². The molecule has 0 aromatic heterocycles. The number of rotatable bonds is 4. The number of hydrogen-bond acceptors (Lipinski definition) is 5. The van der Waals surface area contributed by atoms with Gasteiger partial charge in [0.25, 0.3) is 0 Å². The van der Waals surface area contributed by atoms with Crippen LogP contribution in [0.2, 0.25) is 0 Å². The summed E-state index contributed by atoms with van der Waals surface area (Å²) in [5.74, 6) is 2.29. The lowest BCUT2D eigenvalue weighted by Crippen LogP contribution is -2.57. The van der Waals surface area contributed by atoms with Crippen LogP contribution in [0.25, 0.3) is 0 Å². The Balaban J connectivity index is 1.25. The highest BCUT2D eigenvalue weighted by atomic mass is 16.5. The summed E-state index contributed by atoms with van der Waals surface area (Å²) in [4.78, 5) is 32.3. The van der Waals surface area contributed by atoms with Crippen molar-refractivity contribution >= 4 is 11.8 Å². The van der Waals surface area contributed by atoms with Gasteiger partial charge in [-0.3, -0.25) is 14.5 Å². The first-order chi connectivity index (χ1) is 13.1. The van der Waals surface area contributed by atoms with Gasteiger partial charge in [-0.15, -0.1) is 0 Å². The van der Waals surface area contributed by atoms with Crippen LogP contribution in [0.3, 0.4) is 0 Å². The van der Waals surface area contributed by atoms with E-state index < -0.39 is 0 Å². The SMILES string of the molecule is COCCN1CC2C(=O)N(C)C3(CCN(C(=O)C4[C@H]5COC[C@@H]45)CC3)C2C1. The molecule has 4 saturated heterocycles. The van der Waals surface area contributed by atoms with Gasteiger partial charge >= 0.3 is 0 Å². The first kappa shape index (κ1) is 17.9. The third-order valence-electron chi connectivity index (χ3n) is 8.19. The third kappa shape index (κ3) is 2.58. The van der Waals surface area contributed by atoms with Gasteiger partial charge in [0.2, 0.25) is 11.8 Å². The summed E-state index contributed by atoms with van der Waals surface area (Å²) in [5.41, 5.74) is -0.0666. The van der Waals surface area contributed by atoms with Crippen molar-refractivity contribution in [3.8, 4) is 0 Å². The molecule has 150 valence electrons. The van der Waals surface area contributed by atoms with E-state index in [0.717, 1.165) is 58.8 Å².